The van der Waals surface area contributed by atoms with Gasteiger partial charge in [0.25, 0.3) is 0 Å². The smallest absolute Gasteiger partial charge is 0.184 e. The molecule has 5 heteroatoms. The van der Waals surface area contributed by atoms with Crippen molar-refractivity contribution in [3.05, 3.63) is 28.6 Å². The molecule has 13 heavy (non-hydrogen) atoms. The molecule has 3 N–H and O–H groups in total. The van der Waals surface area contributed by atoms with Crippen molar-refractivity contribution in [2.45, 2.75) is 6.54 Å². The van der Waals surface area contributed by atoms with Crippen molar-refractivity contribution in [1.82, 2.24) is 4.98 Å². The number of hydrogen-bond donors (Lipinski definition) is 2. The summed E-state index contributed by atoms with van der Waals surface area (Å²) in [6, 6.07) is 2.09. The van der Waals surface area contributed by atoms with Crippen LogP contribution in [0.1, 0.15) is 5.56 Å². The number of nitrogens with one attached hydrogen (secondary N) is 1. The minimum Gasteiger partial charge on any atom is -0.389 e. The van der Waals surface area contributed by atoms with Crippen LogP contribution in [0.5, 0.6) is 0 Å². The van der Waals surface area contributed by atoms with Crippen LogP contribution >= 0.6 is 22.7 Å². The third kappa shape index (κ3) is 2.19. The fourth-order valence-electron chi connectivity index (χ4n) is 0.939. The number of hydrogen-bond acceptors (Lipinski definition) is 5. The fraction of sp³-hybridized carbons (Fsp3) is 0.125. The summed E-state index contributed by atoms with van der Waals surface area (Å²) in [7, 11) is 0. The maximum absolute atomic E-state index is 5.55. The first kappa shape index (κ1) is 8.52. The Labute approximate surface area is 84.2 Å². The van der Waals surface area contributed by atoms with Gasteiger partial charge in [-0.25, -0.2) is 4.98 Å². The van der Waals surface area contributed by atoms with E-state index in [9.17, 15) is 0 Å². The summed E-state index contributed by atoms with van der Waals surface area (Å²) >= 11 is 3.17. The molecular formula is C8H9N3S2. The molecule has 0 unspecified atom stereocenters. The van der Waals surface area contributed by atoms with Crippen LogP contribution in [0.2, 0.25) is 0 Å². The Morgan fingerprint density at radius 2 is 2.46 bits per heavy atom. The van der Waals surface area contributed by atoms with E-state index in [0.29, 0.717) is 0 Å². The molecule has 0 spiro atoms. The van der Waals surface area contributed by atoms with Crippen LogP contribution in [-0.4, -0.2) is 4.98 Å². The van der Waals surface area contributed by atoms with Crippen molar-refractivity contribution >= 4 is 32.8 Å². The number of thiazole rings is 1. The molecule has 0 bridgehead atoms. The Bertz CT molecular complexity index is 366. The van der Waals surface area contributed by atoms with Crippen LogP contribution in [0, 0.1) is 0 Å². The zero-order valence-electron chi connectivity index (χ0n) is 6.86. The molecule has 2 aromatic heterocycles. The monoisotopic (exact) mass is 211 g/mol. The van der Waals surface area contributed by atoms with Gasteiger partial charge in [0.1, 0.15) is 5.00 Å². The average Bonchev–Trinajstić information content (AvgIpc) is 2.71. The number of rotatable bonds is 3. The number of nitrogens with zero attached hydrogens (tertiary/aromatic N) is 1. The fourth-order valence-corrected chi connectivity index (χ4v) is 2.19. The van der Waals surface area contributed by atoms with Crippen LogP contribution in [-0.2, 0) is 6.54 Å². The van der Waals surface area contributed by atoms with Crippen LogP contribution in [0.15, 0.2) is 23.0 Å². The Morgan fingerprint density at radius 1 is 1.54 bits per heavy atom. The van der Waals surface area contributed by atoms with E-state index in [1.54, 1.807) is 17.5 Å². The van der Waals surface area contributed by atoms with Crippen molar-refractivity contribution in [1.29, 1.82) is 0 Å². The third-order valence-electron chi connectivity index (χ3n) is 1.55. The summed E-state index contributed by atoms with van der Waals surface area (Å²) in [5, 5.41) is 9.00. The summed E-state index contributed by atoms with van der Waals surface area (Å²) in [5.41, 5.74) is 6.82. The van der Waals surface area contributed by atoms with Crippen molar-refractivity contribution in [3.63, 3.8) is 0 Å². The van der Waals surface area contributed by atoms with Gasteiger partial charge >= 0.3 is 0 Å². The van der Waals surface area contributed by atoms with Crippen LogP contribution < -0.4 is 11.1 Å². The summed E-state index contributed by atoms with van der Waals surface area (Å²) in [5.74, 6) is 0. The Hall–Kier alpha value is -1.07. The van der Waals surface area contributed by atoms with Crippen LogP contribution in [0.3, 0.4) is 0 Å². The SMILES string of the molecule is Nc1cnc(NCc2ccsc2)s1. The van der Waals surface area contributed by atoms with Gasteiger partial charge in [0.05, 0.1) is 6.20 Å². The van der Waals surface area contributed by atoms with E-state index in [4.69, 9.17) is 5.73 Å². The van der Waals surface area contributed by atoms with Gasteiger partial charge in [-0.2, -0.15) is 11.3 Å². The van der Waals surface area contributed by atoms with Gasteiger partial charge in [0.15, 0.2) is 5.13 Å². The first-order chi connectivity index (χ1) is 6.34. The van der Waals surface area contributed by atoms with Gasteiger partial charge in [-0.1, -0.05) is 11.3 Å². The van der Waals surface area contributed by atoms with Gasteiger partial charge in [0.2, 0.25) is 0 Å². The highest BCUT2D eigenvalue weighted by Crippen LogP contribution is 2.20. The van der Waals surface area contributed by atoms with E-state index in [-0.39, 0.29) is 0 Å². The predicted octanol–water partition coefficient (Wildman–Crippen LogP) is 2.40. The number of nitrogen functional groups attached to an aromatic ring is 1. The Kier molecular flexibility index (Phi) is 2.47. The molecule has 0 atom stereocenters. The first-order valence-corrected chi connectivity index (χ1v) is 5.57. The molecule has 0 aliphatic rings. The van der Waals surface area contributed by atoms with E-state index in [1.165, 1.54) is 16.9 Å². The summed E-state index contributed by atoms with van der Waals surface area (Å²) in [4.78, 5) is 4.10. The van der Waals surface area contributed by atoms with E-state index in [0.717, 1.165) is 16.7 Å². The second-order valence-electron chi connectivity index (χ2n) is 2.55. The maximum Gasteiger partial charge on any atom is 0.184 e. The maximum atomic E-state index is 5.55. The molecule has 68 valence electrons. The third-order valence-corrected chi connectivity index (χ3v) is 3.06. The van der Waals surface area contributed by atoms with Gasteiger partial charge in [-0.05, 0) is 22.4 Å². The number of nitrogens with two attached hydrogens (primary N) is 1. The molecule has 0 amide bonds. The van der Waals surface area contributed by atoms with Crippen LogP contribution in [0.25, 0.3) is 0 Å². The normalized spacial score (nSPS) is 10.2. The summed E-state index contributed by atoms with van der Waals surface area (Å²) in [6.07, 6.45) is 1.67. The topological polar surface area (TPSA) is 50.9 Å². The molecule has 0 aliphatic carbocycles. The molecule has 3 nitrogen and oxygen atoms in total. The van der Waals surface area contributed by atoms with Crippen molar-refractivity contribution in [2.75, 3.05) is 11.1 Å². The number of thiophene rings is 1. The molecule has 0 aliphatic heterocycles. The lowest BCUT2D eigenvalue weighted by atomic mass is 10.3. The van der Waals surface area contributed by atoms with E-state index < -0.39 is 0 Å². The van der Waals surface area contributed by atoms with Gasteiger partial charge in [-0.3, -0.25) is 0 Å². The van der Waals surface area contributed by atoms with Gasteiger partial charge < -0.3 is 11.1 Å². The summed E-state index contributed by atoms with van der Waals surface area (Å²) < 4.78 is 0. The second-order valence-corrected chi connectivity index (χ2v) is 4.40. The van der Waals surface area contributed by atoms with Crippen molar-refractivity contribution in [2.24, 2.45) is 0 Å². The molecule has 0 radical (unpaired) electrons. The average molecular weight is 211 g/mol. The minimum absolute atomic E-state index is 0.743. The van der Waals surface area contributed by atoms with E-state index >= 15 is 0 Å². The molecule has 0 saturated carbocycles. The van der Waals surface area contributed by atoms with Gasteiger partial charge in [0, 0.05) is 6.54 Å². The van der Waals surface area contributed by atoms with E-state index in [2.05, 4.69) is 27.1 Å². The van der Waals surface area contributed by atoms with Crippen molar-refractivity contribution < 1.29 is 0 Å². The minimum atomic E-state index is 0.743. The largest absolute Gasteiger partial charge is 0.389 e. The molecule has 0 saturated heterocycles. The lowest BCUT2D eigenvalue weighted by molar-refractivity contribution is 1.15. The highest BCUT2D eigenvalue weighted by molar-refractivity contribution is 7.19. The molecule has 2 rings (SSSR count). The van der Waals surface area contributed by atoms with Crippen molar-refractivity contribution in [3.8, 4) is 0 Å². The molecular weight excluding hydrogens is 202 g/mol. The zero-order valence-corrected chi connectivity index (χ0v) is 8.49. The van der Waals surface area contributed by atoms with Crippen LogP contribution in [0.4, 0.5) is 10.1 Å². The Balaban J connectivity index is 1.93. The Morgan fingerprint density at radius 3 is 3.08 bits per heavy atom. The lowest BCUT2D eigenvalue weighted by Gasteiger charge is -1.98. The molecule has 0 aromatic carbocycles. The molecule has 2 heterocycles. The zero-order chi connectivity index (χ0) is 9.10. The van der Waals surface area contributed by atoms with Gasteiger partial charge in [-0.15, -0.1) is 0 Å². The first-order valence-electron chi connectivity index (χ1n) is 3.81. The van der Waals surface area contributed by atoms with E-state index in [1.807, 2.05) is 0 Å². The molecule has 2 aromatic rings. The standard InChI is InChI=1S/C8H9N3S2/c9-7-4-11-8(13-7)10-3-6-1-2-12-5-6/h1-2,4-5H,3,9H2,(H,10,11). The quantitative estimate of drug-likeness (QED) is 0.819. The predicted molar refractivity (Wildman–Crippen MR) is 58.2 cm³/mol. The highest BCUT2D eigenvalue weighted by Gasteiger charge is 1.98. The molecule has 0 fully saturated rings. The highest BCUT2D eigenvalue weighted by atomic mass is 32.1. The number of aromatic nitrogens is 1. The lowest BCUT2D eigenvalue weighted by Crippen LogP contribution is -1.96. The summed E-state index contributed by atoms with van der Waals surface area (Å²) in [6.45, 7) is 0.816. The number of anilines is 2. The second kappa shape index (κ2) is 3.76.